The average Bonchev–Trinajstić information content (AvgIpc) is 2.50. The van der Waals surface area contributed by atoms with Crippen molar-refractivity contribution in [3.63, 3.8) is 0 Å². The molecule has 4 aliphatic carbocycles. The molecule has 4 fully saturated rings. The van der Waals surface area contributed by atoms with Crippen molar-refractivity contribution in [3.8, 4) is 0 Å². The van der Waals surface area contributed by atoms with Gasteiger partial charge < -0.3 is 5.73 Å². The highest BCUT2D eigenvalue weighted by Crippen LogP contribution is 2.67. The first kappa shape index (κ1) is 15.7. The summed E-state index contributed by atoms with van der Waals surface area (Å²) in [4.78, 5) is 0. The fourth-order valence-electron chi connectivity index (χ4n) is 7.03. The summed E-state index contributed by atoms with van der Waals surface area (Å²) in [5.74, 6) is 0.877. The van der Waals surface area contributed by atoms with Crippen molar-refractivity contribution in [2.75, 3.05) is 0 Å². The van der Waals surface area contributed by atoms with E-state index in [1.165, 1.54) is 70.6 Å². The van der Waals surface area contributed by atoms with Crippen LogP contribution in [0.25, 0.3) is 0 Å². The summed E-state index contributed by atoms with van der Waals surface area (Å²) in [7, 11) is 0. The number of unbranched alkanes of at least 4 members (excludes halogenated alkanes) is 3. The second-order valence-electron chi connectivity index (χ2n) is 9.33. The van der Waals surface area contributed by atoms with Crippen LogP contribution in [0.15, 0.2) is 30.3 Å². The second kappa shape index (κ2) is 5.62. The van der Waals surface area contributed by atoms with E-state index in [-0.39, 0.29) is 5.54 Å². The summed E-state index contributed by atoms with van der Waals surface area (Å²) in [6.07, 6.45) is 15.1. The van der Waals surface area contributed by atoms with Crippen molar-refractivity contribution in [2.45, 2.75) is 88.5 Å². The third kappa shape index (κ3) is 2.76. The van der Waals surface area contributed by atoms with Gasteiger partial charge in [-0.25, -0.2) is 0 Å². The first-order valence-electron chi connectivity index (χ1n) is 9.92. The number of hydrogen-bond acceptors (Lipinski definition) is 1. The quantitative estimate of drug-likeness (QED) is 0.682. The summed E-state index contributed by atoms with van der Waals surface area (Å²) >= 11 is 0. The van der Waals surface area contributed by atoms with Crippen LogP contribution in [0.5, 0.6) is 0 Å². The Morgan fingerprint density at radius 2 is 1.78 bits per heavy atom. The van der Waals surface area contributed by atoms with Crippen LogP contribution in [0.2, 0.25) is 0 Å². The zero-order valence-electron chi connectivity index (χ0n) is 14.8. The van der Waals surface area contributed by atoms with Crippen LogP contribution in [0.4, 0.5) is 0 Å². The Bertz CT molecular complexity index is 552. The van der Waals surface area contributed by atoms with Crippen molar-refractivity contribution in [3.05, 3.63) is 35.9 Å². The van der Waals surface area contributed by atoms with E-state index in [9.17, 15) is 0 Å². The maximum absolute atomic E-state index is 6.96. The molecule has 0 spiro atoms. The molecule has 23 heavy (non-hydrogen) atoms. The van der Waals surface area contributed by atoms with Crippen molar-refractivity contribution >= 4 is 0 Å². The summed E-state index contributed by atoms with van der Waals surface area (Å²) < 4.78 is 0. The van der Waals surface area contributed by atoms with Crippen LogP contribution >= 0.6 is 0 Å². The van der Waals surface area contributed by atoms with Crippen LogP contribution in [0.1, 0.15) is 83.1 Å². The molecule has 1 nitrogen and oxygen atoms in total. The molecule has 0 aliphatic heterocycles. The lowest BCUT2D eigenvalue weighted by Gasteiger charge is -2.66. The van der Waals surface area contributed by atoms with E-state index in [0.29, 0.717) is 10.8 Å². The third-order valence-electron chi connectivity index (χ3n) is 7.17. The summed E-state index contributed by atoms with van der Waals surface area (Å²) in [6.45, 7) is 2.31. The van der Waals surface area contributed by atoms with E-state index in [1.807, 2.05) is 0 Å². The van der Waals surface area contributed by atoms with Gasteiger partial charge in [0.25, 0.3) is 0 Å². The minimum absolute atomic E-state index is 0.125. The Balaban J connectivity index is 1.61. The fraction of sp³-hybridized carbons (Fsp3) is 0.727. The molecule has 0 radical (unpaired) electrons. The highest BCUT2D eigenvalue weighted by atomic mass is 14.8. The van der Waals surface area contributed by atoms with Crippen LogP contribution in [-0.4, -0.2) is 5.54 Å². The lowest BCUT2D eigenvalue weighted by atomic mass is 9.40. The predicted octanol–water partition coefficient (Wildman–Crippen LogP) is 5.58. The van der Waals surface area contributed by atoms with Gasteiger partial charge >= 0.3 is 0 Å². The number of rotatable bonds is 6. The van der Waals surface area contributed by atoms with Gasteiger partial charge in [0.15, 0.2) is 0 Å². The molecule has 1 aromatic rings. The van der Waals surface area contributed by atoms with Crippen LogP contribution in [0, 0.1) is 11.3 Å². The van der Waals surface area contributed by atoms with E-state index in [4.69, 9.17) is 5.73 Å². The van der Waals surface area contributed by atoms with Crippen molar-refractivity contribution in [1.29, 1.82) is 0 Å². The Hall–Kier alpha value is -0.820. The van der Waals surface area contributed by atoms with E-state index in [2.05, 4.69) is 37.3 Å². The zero-order valence-corrected chi connectivity index (χ0v) is 14.8. The lowest BCUT2D eigenvalue weighted by Crippen LogP contribution is -2.65. The molecule has 1 aromatic carbocycles. The Kier molecular flexibility index (Phi) is 3.83. The normalized spacial score (nSPS) is 41.4. The van der Waals surface area contributed by atoms with E-state index in [0.717, 1.165) is 5.92 Å². The zero-order chi connectivity index (χ0) is 16.0. The molecular formula is C22H33N. The molecule has 0 amide bonds. The number of nitrogens with two attached hydrogens (primary N) is 1. The molecule has 126 valence electrons. The van der Waals surface area contributed by atoms with Crippen molar-refractivity contribution in [1.82, 2.24) is 0 Å². The van der Waals surface area contributed by atoms with Gasteiger partial charge in [-0.15, -0.1) is 0 Å². The lowest BCUT2D eigenvalue weighted by molar-refractivity contribution is -0.0901. The minimum atomic E-state index is 0.125. The van der Waals surface area contributed by atoms with Gasteiger partial charge in [-0.2, -0.15) is 0 Å². The first-order chi connectivity index (χ1) is 11.1. The standard InChI is InChI=1S/C22H33N/c1-2-3-4-8-11-20-12-18-13-21(15-20,17-22(23,14-18)16-20)19-9-6-5-7-10-19/h5-7,9-10,18H,2-4,8,11-17,23H2,1H3. The molecule has 0 saturated heterocycles. The smallest absolute Gasteiger partial charge is 0.0170 e. The topological polar surface area (TPSA) is 26.0 Å². The molecule has 4 bridgehead atoms. The van der Waals surface area contributed by atoms with Gasteiger partial charge in [-0.1, -0.05) is 62.9 Å². The Labute approximate surface area is 142 Å². The molecule has 0 heterocycles. The average molecular weight is 312 g/mol. The molecule has 4 atom stereocenters. The van der Waals surface area contributed by atoms with Gasteiger partial charge in [0.05, 0.1) is 0 Å². The molecular weight excluding hydrogens is 278 g/mol. The highest BCUT2D eigenvalue weighted by molar-refractivity contribution is 5.32. The van der Waals surface area contributed by atoms with Gasteiger partial charge in [-0.3, -0.25) is 0 Å². The molecule has 4 unspecified atom stereocenters. The van der Waals surface area contributed by atoms with Gasteiger partial charge in [0, 0.05) is 5.54 Å². The van der Waals surface area contributed by atoms with Gasteiger partial charge in [0.1, 0.15) is 0 Å². The molecule has 0 aromatic heterocycles. The van der Waals surface area contributed by atoms with E-state index in [1.54, 1.807) is 5.56 Å². The Morgan fingerprint density at radius 1 is 0.957 bits per heavy atom. The maximum Gasteiger partial charge on any atom is 0.0170 e. The Morgan fingerprint density at radius 3 is 2.52 bits per heavy atom. The third-order valence-corrected chi connectivity index (χ3v) is 7.17. The van der Waals surface area contributed by atoms with Crippen LogP contribution in [-0.2, 0) is 5.41 Å². The second-order valence-corrected chi connectivity index (χ2v) is 9.33. The number of hydrogen-bond donors (Lipinski definition) is 1. The molecule has 4 saturated carbocycles. The van der Waals surface area contributed by atoms with E-state index >= 15 is 0 Å². The summed E-state index contributed by atoms with van der Waals surface area (Å²) in [5.41, 5.74) is 9.61. The number of benzene rings is 1. The van der Waals surface area contributed by atoms with Crippen LogP contribution in [0.3, 0.4) is 0 Å². The molecule has 5 rings (SSSR count). The summed E-state index contributed by atoms with van der Waals surface area (Å²) in [5, 5.41) is 0. The monoisotopic (exact) mass is 311 g/mol. The predicted molar refractivity (Wildman–Crippen MR) is 97.4 cm³/mol. The van der Waals surface area contributed by atoms with Crippen molar-refractivity contribution < 1.29 is 0 Å². The van der Waals surface area contributed by atoms with E-state index < -0.39 is 0 Å². The minimum Gasteiger partial charge on any atom is -0.325 e. The molecule has 4 aliphatic rings. The highest BCUT2D eigenvalue weighted by Gasteiger charge is 2.62. The van der Waals surface area contributed by atoms with Crippen molar-refractivity contribution in [2.24, 2.45) is 17.1 Å². The fourth-order valence-corrected chi connectivity index (χ4v) is 7.03. The van der Waals surface area contributed by atoms with Gasteiger partial charge in [0.2, 0.25) is 0 Å². The first-order valence-corrected chi connectivity index (χ1v) is 9.92. The largest absolute Gasteiger partial charge is 0.325 e. The molecule has 2 N–H and O–H groups in total. The molecule has 1 heteroatoms. The van der Waals surface area contributed by atoms with Gasteiger partial charge in [-0.05, 0) is 67.3 Å². The van der Waals surface area contributed by atoms with Crippen LogP contribution < -0.4 is 5.73 Å². The SMILES string of the molecule is CCCCCCC12CC3CC(N)(C1)CC(c1ccccc1)(C3)C2. The summed E-state index contributed by atoms with van der Waals surface area (Å²) in [6, 6.07) is 11.4. The maximum atomic E-state index is 6.96.